The average molecular weight is 286 g/mol. The quantitative estimate of drug-likeness (QED) is 0.601. The number of benzene rings is 2. The lowest BCUT2D eigenvalue weighted by Crippen LogP contribution is -1.98. The van der Waals surface area contributed by atoms with Crippen molar-refractivity contribution in [3.05, 3.63) is 52.7 Å². The van der Waals surface area contributed by atoms with Gasteiger partial charge < -0.3 is 15.3 Å². The molecule has 0 aliphatic heterocycles. The van der Waals surface area contributed by atoms with Crippen molar-refractivity contribution in [3.63, 3.8) is 0 Å². The van der Waals surface area contributed by atoms with Gasteiger partial charge >= 0.3 is 0 Å². The van der Waals surface area contributed by atoms with Gasteiger partial charge in [0, 0.05) is 21.0 Å². The first-order valence-corrected chi connectivity index (χ1v) is 6.65. The third-order valence-corrected chi connectivity index (χ3v) is 4.10. The van der Waals surface area contributed by atoms with E-state index in [1.54, 1.807) is 12.1 Å². The van der Waals surface area contributed by atoms with Gasteiger partial charge in [-0.25, -0.2) is 0 Å². The molecule has 0 bridgehead atoms. The van der Waals surface area contributed by atoms with Gasteiger partial charge in [-0.3, -0.25) is 4.79 Å². The molecule has 20 heavy (non-hydrogen) atoms. The van der Waals surface area contributed by atoms with Crippen LogP contribution in [-0.2, 0) is 0 Å². The van der Waals surface area contributed by atoms with E-state index in [0.29, 0.717) is 20.5 Å². The Balaban J connectivity index is 2.26. The molecule has 0 aliphatic carbocycles. The minimum absolute atomic E-state index is 0.0962. The van der Waals surface area contributed by atoms with Crippen molar-refractivity contribution in [2.45, 2.75) is 0 Å². The molecule has 0 aliphatic rings. The maximum atomic E-state index is 12.0. The molecule has 0 atom stereocenters. The van der Waals surface area contributed by atoms with Crippen molar-refractivity contribution in [3.8, 4) is 27.7 Å². The largest absolute Gasteiger partial charge is 0.508 e. The summed E-state index contributed by atoms with van der Waals surface area (Å²) in [4.78, 5) is 12.7. The molecule has 5 heteroatoms. The topological polar surface area (TPSA) is 77.8 Å². The highest BCUT2D eigenvalue weighted by Crippen LogP contribution is 2.34. The molecule has 1 heterocycles. The molecule has 3 rings (SSSR count). The summed E-state index contributed by atoms with van der Waals surface area (Å²) < 4.78 is 0.667. The summed E-state index contributed by atoms with van der Waals surface area (Å²) in [5.74, 6) is -0.350. The molecule has 3 N–H and O–H groups in total. The molecule has 0 fully saturated rings. The summed E-state index contributed by atoms with van der Waals surface area (Å²) in [6.07, 6.45) is 0. The number of phenolic OH excluding ortho intramolecular Hbond substituents is 3. The second kappa shape index (κ2) is 4.54. The lowest BCUT2D eigenvalue weighted by molar-refractivity contribution is 0.404. The van der Waals surface area contributed by atoms with E-state index in [1.165, 1.54) is 41.7 Å². The second-order valence-electron chi connectivity index (χ2n) is 4.36. The molecule has 3 aromatic rings. The predicted octanol–water partition coefficient (Wildman–Crippen LogP) is 3.05. The van der Waals surface area contributed by atoms with Crippen LogP contribution < -0.4 is 5.43 Å². The van der Waals surface area contributed by atoms with E-state index in [2.05, 4.69) is 0 Å². The number of rotatable bonds is 1. The lowest BCUT2D eigenvalue weighted by atomic mass is 10.1. The fourth-order valence-corrected chi connectivity index (χ4v) is 3.07. The van der Waals surface area contributed by atoms with Gasteiger partial charge in [-0.15, -0.1) is 11.3 Å². The fraction of sp³-hybridized carbons (Fsp3) is 0. The molecule has 100 valence electrons. The van der Waals surface area contributed by atoms with Crippen molar-refractivity contribution >= 4 is 21.4 Å². The van der Waals surface area contributed by atoms with E-state index < -0.39 is 0 Å². The minimum atomic E-state index is -0.238. The van der Waals surface area contributed by atoms with Gasteiger partial charge in [-0.2, -0.15) is 0 Å². The van der Waals surface area contributed by atoms with Gasteiger partial charge in [-0.1, -0.05) is 0 Å². The summed E-state index contributed by atoms with van der Waals surface area (Å²) in [5, 5.41) is 28.9. The Morgan fingerprint density at radius 2 is 1.65 bits per heavy atom. The molecule has 0 amide bonds. The number of fused-ring (bicyclic) bond motifs is 1. The summed E-state index contributed by atoms with van der Waals surface area (Å²) in [6.45, 7) is 0. The molecule has 0 unspecified atom stereocenters. The van der Waals surface area contributed by atoms with Gasteiger partial charge in [0.25, 0.3) is 0 Å². The SMILES string of the molecule is O=c1cc(-c2ccc(O)c(O)c2)sc2cc(O)ccc12. The maximum absolute atomic E-state index is 12.0. The first kappa shape index (κ1) is 12.5. The molecular weight excluding hydrogens is 276 g/mol. The number of hydrogen-bond donors (Lipinski definition) is 3. The van der Waals surface area contributed by atoms with E-state index >= 15 is 0 Å². The van der Waals surface area contributed by atoms with Crippen LogP contribution in [0, 0.1) is 0 Å². The van der Waals surface area contributed by atoms with E-state index in [-0.39, 0.29) is 22.7 Å². The van der Waals surface area contributed by atoms with Crippen molar-refractivity contribution in [1.82, 2.24) is 0 Å². The van der Waals surface area contributed by atoms with Crippen molar-refractivity contribution in [1.29, 1.82) is 0 Å². The van der Waals surface area contributed by atoms with Gasteiger partial charge in [0.1, 0.15) is 5.75 Å². The molecule has 0 saturated carbocycles. The summed E-state index contributed by atoms with van der Waals surface area (Å²) in [5.41, 5.74) is 0.481. The standard InChI is InChI=1S/C15H10O4S/c16-9-2-3-10-12(18)7-14(20-15(10)6-9)8-1-4-11(17)13(19)5-8/h1-7,16-17,19H. The van der Waals surface area contributed by atoms with Crippen molar-refractivity contribution in [2.24, 2.45) is 0 Å². The number of hydrogen-bond acceptors (Lipinski definition) is 5. The zero-order chi connectivity index (χ0) is 14.3. The van der Waals surface area contributed by atoms with Crippen LogP contribution in [0.3, 0.4) is 0 Å². The highest BCUT2D eigenvalue weighted by molar-refractivity contribution is 7.21. The summed E-state index contributed by atoms with van der Waals surface area (Å²) in [7, 11) is 0. The fourth-order valence-electron chi connectivity index (χ4n) is 1.96. The molecule has 0 spiro atoms. The van der Waals surface area contributed by atoms with Crippen molar-refractivity contribution < 1.29 is 15.3 Å². The van der Waals surface area contributed by atoms with E-state index in [1.807, 2.05) is 0 Å². The van der Waals surface area contributed by atoms with Crippen LogP contribution in [0.15, 0.2) is 47.3 Å². The first-order valence-electron chi connectivity index (χ1n) is 5.84. The van der Waals surface area contributed by atoms with Crippen LogP contribution in [-0.4, -0.2) is 15.3 Å². The van der Waals surface area contributed by atoms with Crippen LogP contribution in [0.4, 0.5) is 0 Å². The molecule has 0 saturated heterocycles. The summed E-state index contributed by atoms with van der Waals surface area (Å²) >= 11 is 1.33. The summed E-state index contributed by atoms with van der Waals surface area (Å²) in [6, 6.07) is 10.5. The average Bonchev–Trinajstić information content (AvgIpc) is 2.41. The third-order valence-electron chi connectivity index (χ3n) is 2.97. The highest BCUT2D eigenvalue weighted by atomic mass is 32.1. The van der Waals surface area contributed by atoms with Crippen LogP contribution in [0.25, 0.3) is 20.5 Å². The Morgan fingerprint density at radius 3 is 2.40 bits per heavy atom. The Bertz CT molecular complexity index is 867. The van der Waals surface area contributed by atoms with Crippen LogP contribution in [0.2, 0.25) is 0 Å². The first-order chi connectivity index (χ1) is 9.54. The molecule has 1 aromatic heterocycles. The van der Waals surface area contributed by atoms with Crippen LogP contribution in [0.5, 0.6) is 17.2 Å². The van der Waals surface area contributed by atoms with Crippen LogP contribution in [0.1, 0.15) is 0 Å². The maximum Gasteiger partial charge on any atom is 0.188 e. The molecule has 0 radical (unpaired) electrons. The second-order valence-corrected chi connectivity index (χ2v) is 5.44. The third kappa shape index (κ3) is 2.08. The zero-order valence-electron chi connectivity index (χ0n) is 10.2. The number of phenols is 3. The van der Waals surface area contributed by atoms with Gasteiger partial charge in [0.15, 0.2) is 16.9 Å². The minimum Gasteiger partial charge on any atom is -0.508 e. The normalized spacial score (nSPS) is 10.8. The zero-order valence-corrected chi connectivity index (χ0v) is 11.0. The highest BCUT2D eigenvalue weighted by Gasteiger charge is 2.08. The smallest absolute Gasteiger partial charge is 0.188 e. The Kier molecular flexibility index (Phi) is 2.84. The van der Waals surface area contributed by atoms with Crippen molar-refractivity contribution in [2.75, 3.05) is 0 Å². The molecule has 2 aromatic carbocycles. The van der Waals surface area contributed by atoms with E-state index in [9.17, 15) is 20.1 Å². The van der Waals surface area contributed by atoms with Gasteiger partial charge in [-0.05, 0) is 42.0 Å². The Hall–Kier alpha value is -2.53. The van der Waals surface area contributed by atoms with E-state index in [0.717, 1.165) is 0 Å². The molecule has 4 nitrogen and oxygen atoms in total. The van der Waals surface area contributed by atoms with Gasteiger partial charge in [0.2, 0.25) is 0 Å². The number of aromatic hydroxyl groups is 3. The van der Waals surface area contributed by atoms with E-state index in [4.69, 9.17) is 0 Å². The monoisotopic (exact) mass is 286 g/mol. The lowest BCUT2D eigenvalue weighted by Gasteiger charge is -2.05. The Morgan fingerprint density at radius 1 is 0.850 bits per heavy atom. The molecular formula is C15H10O4S. The Labute approximate surface area is 117 Å². The predicted molar refractivity (Wildman–Crippen MR) is 78.5 cm³/mol. The van der Waals surface area contributed by atoms with Gasteiger partial charge in [0.05, 0.1) is 0 Å². The van der Waals surface area contributed by atoms with Crippen LogP contribution >= 0.6 is 11.3 Å².